The van der Waals surface area contributed by atoms with Gasteiger partial charge in [0.2, 0.25) is 0 Å². The first kappa shape index (κ1) is 12.2. The Kier molecular flexibility index (Phi) is 1.93. The lowest BCUT2D eigenvalue weighted by molar-refractivity contribution is 1.77. The van der Waals surface area contributed by atoms with E-state index in [1.165, 1.54) is 32.3 Å². The predicted octanol–water partition coefficient (Wildman–Crippen LogP) is 5.49. The average Bonchev–Trinajstić information content (AvgIpc) is 2.63. The molecule has 0 atom stereocenters. The van der Waals surface area contributed by atoms with E-state index in [0.717, 1.165) is 32.9 Å². The maximum atomic E-state index is 6.59. The van der Waals surface area contributed by atoms with Crippen molar-refractivity contribution in [3.05, 3.63) is 60.7 Å². The van der Waals surface area contributed by atoms with E-state index in [0.29, 0.717) is 0 Å². The van der Waals surface area contributed by atoms with Crippen LogP contribution in [0.1, 0.15) is 0 Å². The highest BCUT2D eigenvalue weighted by atomic mass is 14.6. The molecule has 112 valence electrons. The standard InChI is InChI=1S/C22H14N2/c23-21-13-5-1-3-11-7-9-16-19(17(11)13)20-15(21)10-8-12-4-2-6-14(18(12)20)22(16)24/h1-10H,23-24H2. The molecule has 0 heterocycles. The van der Waals surface area contributed by atoms with Crippen LogP contribution in [0.4, 0.5) is 11.4 Å². The summed E-state index contributed by atoms with van der Waals surface area (Å²) in [6.07, 6.45) is 0. The van der Waals surface area contributed by atoms with Crippen molar-refractivity contribution in [3.8, 4) is 0 Å². The first-order valence-electron chi connectivity index (χ1n) is 8.14. The minimum absolute atomic E-state index is 0.859. The highest BCUT2D eigenvalue weighted by Crippen LogP contribution is 2.48. The van der Waals surface area contributed by atoms with Gasteiger partial charge in [-0.3, -0.25) is 0 Å². The quantitative estimate of drug-likeness (QED) is 0.221. The van der Waals surface area contributed by atoms with Crippen LogP contribution >= 0.6 is 0 Å². The monoisotopic (exact) mass is 306 g/mol. The predicted molar refractivity (Wildman–Crippen MR) is 105 cm³/mol. The van der Waals surface area contributed by atoms with Crippen LogP contribution in [0, 0.1) is 0 Å². The molecule has 6 rings (SSSR count). The first-order chi connectivity index (χ1) is 11.8. The Hall–Kier alpha value is -3.26. The van der Waals surface area contributed by atoms with Crippen molar-refractivity contribution < 1.29 is 0 Å². The summed E-state index contributed by atoms with van der Waals surface area (Å²) in [5.41, 5.74) is 14.9. The average molecular weight is 306 g/mol. The van der Waals surface area contributed by atoms with Gasteiger partial charge in [0, 0.05) is 43.7 Å². The molecule has 0 aromatic heterocycles. The second kappa shape index (κ2) is 3.80. The van der Waals surface area contributed by atoms with Crippen molar-refractivity contribution in [2.24, 2.45) is 0 Å². The lowest BCUT2D eigenvalue weighted by atomic mass is 9.85. The van der Waals surface area contributed by atoms with Gasteiger partial charge in [-0.1, -0.05) is 60.7 Å². The molecule has 2 heteroatoms. The summed E-state index contributed by atoms with van der Waals surface area (Å²) in [4.78, 5) is 0. The zero-order valence-corrected chi connectivity index (χ0v) is 12.9. The van der Waals surface area contributed by atoms with Gasteiger partial charge < -0.3 is 11.5 Å². The van der Waals surface area contributed by atoms with E-state index < -0.39 is 0 Å². The van der Waals surface area contributed by atoms with Crippen molar-refractivity contribution in [1.29, 1.82) is 0 Å². The Bertz CT molecular complexity index is 1300. The van der Waals surface area contributed by atoms with Crippen molar-refractivity contribution in [2.45, 2.75) is 0 Å². The molecule has 0 saturated heterocycles. The lowest BCUT2D eigenvalue weighted by Crippen LogP contribution is -1.98. The molecule has 0 amide bonds. The molecular weight excluding hydrogens is 292 g/mol. The second-order valence-electron chi connectivity index (χ2n) is 6.61. The van der Waals surface area contributed by atoms with Gasteiger partial charge >= 0.3 is 0 Å². The summed E-state index contributed by atoms with van der Waals surface area (Å²) in [5.74, 6) is 0. The summed E-state index contributed by atoms with van der Waals surface area (Å²) in [6, 6.07) is 21.3. The van der Waals surface area contributed by atoms with E-state index in [1.54, 1.807) is 0 Å². The van der Waals surface area contributed by atoms with Crippen molar-refractivity contribution in [1.82, 2.24) is 0 Å². The zero-order chi connectivity index (χ0) is 16.0. The van der Waals surface area contributed by atoms with Gasteiger partial charge in [-0.15, -0.1) is 0 Å². The van der Waals surface area contributed by atoms with Crippen molar-refractivity contribution in [3.63, 3.8) is 0 Å². The van der Waals surface area contributed by atoms with Crippen LogP contribution < -0.4 is 11.5 Å². The molecule has 0 saturated carbocycles. The largest absolute Gasteiger partial charge is 0.398 e. The molecule has 0 unspecified atom stereocenters. The number of benzene rings is 6. The highest BCUT2D eigenvalue weighted by molar-refractivity contribution is 6.41. The second-order valence-corrected chi connectivity index (χ2v) is 6.61. The molecule has 0 aliphatic rings. The summed E-state index contributed by atoms with van der Waals surface area (Å²) < 4.78 is 0. The van der Waals surface area contributed by atoms with E-state index in [1.807, 2.05) is 0 Å². The molecule has 0 aliphatic carbocycles. The van der Waals surface area contributed by atoms with Crippen LogP contribution in [0.2, 0.25) is 0 Å². The Labute approximate surface area is 137 Å². The molecule has 0 aliphatic heterocycles. The minimum atomic E-state index is 0.859. The summed E-state index contributed by atoms with van der Waals surface area (Å²) >= 11 is 0. The van der Waals surface area contributed by atoms with E-state index in [4.69, 9.17) is 11.5 Å². The third-order valence-electron chi connectivity index (χ3n) is 5.50. The fourth-order valence-electron chi connectivity index (χ4n) is 4.47. The summed E-state index contributed by atoms with van der Waals surface area (Å²) in [5, 5.41) is 11.8. The molecule has 2 nitrogen and oxygen atoms in total. The SMILES string of the molecule is Nc1c2cccc3ccc4c(N)c5cccc6ccc1c(c65)c4c32. The van der Waals surface area contributed by atoms with Gasteiger partial charge in [-0.25, -0.2) is 0 Å². The maximum absolute atomic E-state index is 6.59. The Balaban J connectivity index is 2.18. The van der Waals surface area contributed by atoms with Gasteiger partial charge in [0.05, 0.1) is 0 Å². The van der Waals surface area contributed by atoms with Crippen molar-refractivity contribution in [2.75, 3.05) is 11.5 Å². The van der Waals surface area contributed by atoms with Crippen LogP contribution in [0.3, 0.4) is 0 Å². The summed E-state index contributed by atoms with van der Waals surface area (Å²) in [6.45, 7) is 0. The third-order valence-corrected chi connectivity index (χ3v) is 5.50. The van der Waals surface area contributed by atoms with Crippen LogP contribution in [-0.2, 0) is 0 Å². The molecule has 6 aromatic rings. The number of anilines is 2. The Morgan fingerprint density at radius 3 is 1.29 bits per heavy atom. The maximum Gasteiger partial charge on any atom is 0.0474 e. The molecule has 6 aromatic carbocycles. The number of rotatable bonds is 0. The molecule has 24 heavy (non-hydrogen) atoms. The van der Waals surface area contributed by atoms with Gasteiger partial charge in [0.1, 0.15) is 0 Å². The van der Waals surface area contributed by atoms with E-state index in [9.17, 15) is 0 Å². The fraction of sp³-hybridized carbons (Fsp3) is 0. The number of hydrogen-bond donors (Lipinski definition) is 2. The minimum Gasteiger partial charge on any atom is -0.398 e. The van der Waals surface area contributed by atoms with Gasteiger partial charge in [-0.05, 0) is 21.5 Å². The molecule has 0 bridgehead atoms. The van der Waals surface area contributed by atoms with Gasteiger partial charge in [-0.2, -0.15) is 0 Å². The van der Waals surface area contributed by atoms with E-state index in [2.05, 4.69) is 60.7 Å². The van der Waals surface area contributed by atoms with Crippen LogP contribution in [0.5, 0.6) is 0 Å². The lowest BCUT2D eigenvalue weighted by Gasteiger charge is -2.20. The normalized spacial score (nSPS) is 12.5. The Morgan fingerprint density at radius 1 is 0.417 bits per heavy atom. The molecule has 4 N–H and O–H groups in total. The molecular formula is C22H14N2. The topological polar surface area (TPSA) is 52.0 Å². The molecule has 0 spiro atoms. The third kappa shape index (κ3) is 1.18. The zero-order valence-electron chi connectivity index (χ0n) is 12.9. The summed E-state index contributed by atoms with van der Waals surface area (Å²) in [7, 11) is 0. The first-order valence-corrected chi connectivity index (χ1v) is 8.14. The van der Waals surface area contributed by atoms with Crippen LogP contribution in [0.25, 0.3) is 53.9 Å². The number of nitrogen functional groups attached to an aromatic ring is 2. The smallest absolute Gasteiger partial charge is 0.0474 e. The van der Waals surface area contributed by atoms with Gasteiger partial charge in [0.25, 0.3) is 0 Å². The Morgan fingerprint density at radius 2 is 0.833 bits per heavy atom. The number of nitrogens with two attached hydrogens (primary N) is 2. The van der Waals surface area contributed by atoms with Crippen LogP contribution in [0.15, 0.2) is 60.7 Å². The highest BCUT2D eigenvalue weighted by Gasteiger charge is 2.19. The fourth-order valence-corrected chi connectivity index (χ4v) is 4.47. The van der Waals surface area contributed by atoms with Crippen molar-refractivity contribution >= 4 is 65.2 Å². The van der Waals surface area contributed by atoms with E-state index in [-0.39, 0.29) is 0 Å². The number of hydrogen-bond acceptors (Lipinski definition) is 2. The van der Waals surface area contributed by atoms with Gasteiger partial charge in [0.15, 0.2) is 0 Å². The van der Waals surface area contributed by atoms with Crippen LogP contribution in [-0.4, -0.2) is 0 Å². The van der Waals surface area contributed by atoms with E-state index >= 15 is 0 Å². The molecule has 0 fully saturated rings. The molecule has 0 radical (unpaired) electrons.